The molecular weight excluding hydrogens is 527 g/mol. The van der Waals surface area contributed by atoms with Gasteiger partial charge >= 0.3 is 0 Å². The van der Waals surface area contributed by atoms with Crippen molar-refractivity contribution in [3.8, 4) is 17.6 Å². The third kappa shape index (κ3) is 5.91. The Morgan fingerprint density at radius 1 is 1.18 bits per heavy atom. The van der Waals surface area contributed by atoms with E-state index in [0.29, 0.717) is 22.4 Å². The first kappa shape index (κ1) is 27.4. The number of anilines is 4. The predicted octanol–water partition coefficient (Wildman–Crippen LogP) is 5.23. The molecule has 2 aromatic carbocycles. The van der Waals surface area contributed by atoms with Crippen LogP contribution in [-0.4, -0.2) is 59.9 Å². The second-order valence-electron chi connectivity index (χ2n) is 9.51. The number of para-hydroxylation sites is 1. The smallest absolute Gasteiger partial charge is 0.287 e. The maximum Gasteiger partial charge on any atom is 0.287 e. The van der Waals surface area contributed by atoms with Crippen molar-refractivity contribution < 1.29 is 14.2 Å². The lowest BCUT2D eigenvalue weighted by Gasteiger charge is -2.17. The quantitative estimate of drug-likeness (QED) is 0.167. The second-order valence-corrected chi connectivity index (χ2v) is 13.1. The Morgan fingerprint density at radius 3 is 2.50 bits per heavy atom. The zero-order valence-corrected chi connectivity index (χ0v) is 23.4. The van der Waals surface area contributed by atoms with Crippen LogP contribution in [0.2, 0.25) is 5.02 Å². The molecule has 0 saturated heterocycles. The number of nitrogens with zero attached hydrogens (tertiary/aromatic N) is 4. The molecule has 0 spiro atoms. The van der Waals surface area contributed by atoms with E-state index in [9.17, 15) is 14.7 Å². The van der Waals surface area contributed by atoms with Crippen LogP contribution >= 0.6 is 18.7 Å². The van der Waals surface area contributed by atoms with Gasteiger partial charge in [-0.15, -0.1) is 0 Å². The molecule has 1 aliphatic carbocycles. The molecule has 38 heavy (non-hydrogen) atoms. The highest BCUT2D eigenvalue weighted by Gasteiger charge is 2.43. The third-order valence-electron chi connectivity index (χ3n) is 6.25. The fraction of sp³-hybridized carbons (Fsp3) is 0.308. The highest BCUT2D eigenvalue weighted by Crippen LogP contribution is 2.41. The summed E-state index contributed by atoms with van der Waals surface area (Å²) < 4.78 is 18.2. The normalized spacial score (nSPS) is 13.9. The molecule has 198 valence electrons. The molecule has 1 saturated carbocycles. The standard InChI is InChI=1S/C26H28ClN6O4P/c1-32(2)26(12-13-26)11-10-17-14-22(37-3)20(15-21(17)33(34)35)30-25-28-16-18(27)24(31-25)29-19-8-6-7-9-23(19)38(4,5)36/h6-9,14-16H,12-13H2,1-5H3,(H2,28,29,30,31). The van der Waals surface area contributed by atoms with Crippen molar-refractivity contribution in [1.82, 2.24) is 14.9 Å². The zero-order chi connectivity index (χ0) is 27.7. The Balaban J connectivity index is 1.68. The minimum atomic E-state index is -2.58. The van der Waals surface area contributed by atoms with Gasteiger partial charge in [0.15, 0.2) is 5.82 Å². The van der Waals surface area contributed by atoms with E-state index in [-0.39, 0.29) is 33.6 Å². The molecule has 1 fully saturated rings. The van der Waals surface area contributed by atoms with E-state index in [1.165, 1.54) is 25.4 Å². The van der Waals surface area contributed by atoms with Crippen molar-refractivity contribution in [3.05, 3.63) is 63.3 Å². The summed E-state index contributed by atoms with van der Waals surface area (Å²) in [6.45, 7) is 3.36. The fourth-order valence-electron chi connectivity index (χ4n) is 3.88. The number of ether oxygens (including phenoxy) is 1. The van der Waals surface area contributed by atoms with E-state index in [2.05, 4.69) is 32.4 Å². The molecule has 1 aliphatic rings. The molecule has 0 amide bonds. The largest absolute Gasteiger partial charge is 0.495 e. The van der Waals surface area contributed by atoms with Crippen LogP contribution < -0.4 is 20.7 Å². The lowest BCUT2D eigenvalue weighted by Crippen LogP contribution is -2.28. The molecule has 1 heterocycles. The molecule has 0 unspecified atom stereocenters. The van der Waals surface area contributed by atoms with Crippen LogP contribution in [0.5, 0.6) is 5.75 Å². The number of nitro groups is 1. The van der Waals surface area contributed by atoms with Crippen LogP contribution in [0, 0.1) is 22.0 Å². The average Bonchev–Trinajstić information content (AvgIpc) is 3.66. The zero-order valence-electron chi connectivity index (χ0n) is 21.7. The van der Waals surface area contributed by atoms with Crippen LogP contribution in [0.4, 0.5) is 28.8 Å². The second kappa shape index (κ2) is 10.6. The number of aromatic nitrogens is 2. The summed E-state index contributed by atoms with van der Waals surface area (Å²) in [4.78, 5) is 22.1. The molecule has 0 radical (unpaired) electrons. The summed E-state index contributed by atoms with van der Waals surface area (Å²) in [5, 5.41) is 18.9. The number of benzene rings is 2. The van der Waals surface area contributed by atoms with Crippen molar-refractivity contribution in [2.24, 2.45) is 0 Å². The number of nitro benzene ring substituents is 1. The SMILES string of the molecule is COc1cc(C#CC2(N(C)C)CC2)c([N+](=O)[O-])cc1Nc1ncc(Cl)c(Nc2ccccc2P(C)(C)=O)n1. The molecule has 1 aromatic heterocycles. The first-order valence-corrected chi connectivity index (χ1v) is 14.7. The van der Waals surface area contributed by atoms with Gasteiger partial charge in [0.1, 0.15) is 23.5 Å². The van der Waals surface area contributed by atoms with Gasteiger partial charge in [-0.05, 0) is 52.4 Å². The summed E-state index contributed by atoms with van der Waals surface area (Å²) >= 11 is 6.34. The Hall–Kier alpha value is -3.64. The molecule has 3 aromatic rings. The number of methoxy groups -OCH3 is 1. The van der Waals surface area contributed by atoms with Gasteiger partial charge in [0.05, 0.1) is 35.1 Å². The van der Waals surface area contributed by atoms with Gasteiger partial charge in [-0.1, -0.05) is 35.6 Å². The first-order valence-electron chi connectivity index (χ1n) is 11.7. The molecule has 0 bridgehead atoms. The van der Waals surface area contributed by atoms with Gasteiger partial charge in [0.25, 0.3) is 5.69 Å². The van der Waals surface area contributed by atoms with E-state index in [1.807, 2.05) is 31.1 Å². The van der Waals surface area contributed by atoms with Gasteiger partial charge in [-0.3, -0.25) is 15.0 Å². The number of halogens is 1. The van der Waals surface area contributed by atoms with E-state index < -0.39 is 12.1 Å². The number of nitrogens with one attached hydrogen (secondary N) is 2. The maximum atomic E-state index is 12.7. The molecule has 12 heteroatoms. The molecule has 2 N–H and O–H groups in total. The van der Waals surface area contributed by atoms with Gasteiger partial charge < -0.3 is 19.9 Å². The monoisotopic (exact) mass is 554 g/mol. The van der Waals surface area contributed by atoms with Crippen molar-refractivity contribution >= 4 is 52.9 Å². The van der Waals surface area contributed by atoms with Crippen LogP contribution in [0.25, 0.3) is 0 Å². The van der Waals surface area contributed by atoms with E-state index in [4.69, 9.17) is 16.3 Å². The summed E-state index contributed by atoms with van der Waals surface area (Å²) in [6.07, 6.45) is 3.23. The maximum absolute atomic E-state index is 12.7. The molecular formula is C26H28ClN6O4P. The van der Waals surface area contributed by atoms with Crippen molar-refractivity contribution in [1.29, 1.82) is 0 Å². The van der Waals surface area contributed by atoms with Gasteiger partial charge in [-0.2, -0.15) is 4.98 Å². The lowest BCUT2D eigenvalue weighted by atomic mass is 10.1. The van der Waals surface area contributed by atoms with Gasteiger partial charge in [0.2, 0.25) is 5.95 Å². The lowest BCUT2D eigenvalue weighted by molar-refractivity contribution is -0.385. The van der Waals surface area contributed by atoms with Gasteiger partial charge in [0, 0.05) is 17.4 Å². The van der Waals surface area contributed by atoms with E-state index in [1.54, 1.807) is 25.5 Å². The van der Waals surface area contributed by atoms with Crippen molar-refractivity contribution in [2.75, 3.05) is 45.2 Å². The summed E-state index contributed by atoms with van der Waals surface area (Å²) in [5.41, 5.74) is 0.734. The molecule has 4 rings (SSSR count). The predicted molar refractivity (Wildman–Crippen MR) is 151 cm³/mol. The fourth-order valence-corrected chi connectivity index (χ4v) is 5.18. The Bertz CT molecular complexity index is 1510. The third-order valence-corrected chi connectivity index (χ3v) is 8.08. The minimum Gasteiger partial charge on any atom is -0.495 e. The molecule has 0 atom stereocenters. The molecule has 0 aliphatic heterocycles. The topological polar surface area (TPSA) is 123 Å². The number of hydrogen-bond donors (Lipinski definition) is 2. The summed E-state index contributed by atoms with van der Waals surface area (Å²) in [7, 11) is 2.77. The Morgan fingerprint density at radius 2 is 1.89 bits per heavy atom. The van der Waals surface area contributed by atoms with Crippen LogP contribution in [0.3, 0.4) is 0 Å². The van der Waals surface area contributed by atoms with E-state index >= 15 is 0 Å². The van der Waals surface area contributed by atoms with Crippen LogP contribution in [0.1, 0.15) is 18.4 Å². The number of rotatable bonds is 8. The van der Waals surface area contributed by atoms with Crippen molar-refractivity contribution in [3.63, 3.8) is 0 Å². The highest BCUT2D eigenvalue weighted by atomic mass is 35.5. The summed E-state index contributed by atoms with van der Waals surface area (Å²) in [6, 6.07) is 10.1. The molecule has 10 nitrogen and oxygen atoms in total. The Kier molecular flexibility index (Phi) is 7.65. The highest BCUT2D eigenvalue weighted by molar-refractivity contribution is 7.70. The van der Waals surface area contributed by atoms with Crippen LogP contribution in [-0.2, 0) is 4.57 Å². The van der Waals surface area contributed by atoms with Gasteiger partial charge in [-0.25, -0.2) is 4.98 Å². The first-order chi connectivity index (χ1) is 17.9. The number of hydrogen-bond acceptors (Lipinski definition) is 9. The minimum absolute atomic E-state index is 0.126. The van der Waals surface area contributed by atoms with Crippen molar-refractivity contribution in [2.45, 2.75) is 18.4 Å². The Labute approximate surface area is 226 Å². The average molecular weight is 555 g/mol. The van der Waals surface area contributed by atoms with Crippen LogP contribution in [0.15, 0.2) is 42.6 Å². The van der Waals surface area contributed by atoms with E-state index in [0.717, 1.165) is 12.8 Å². The summed E-state index contributed by atoms with van der Waals surface area (Å²) in [5.74, 6) is 6.91.